The van der Waals surface area contributed by atoms with Crippen LogP contribution in [0.2, 0.25) is 0 Å². The molecule has 1 aromatic carbocycles. The normalized spacial score (nSPS) is 17.6. The van der Waals surface area contributed by atoms with Gasteiger partial charge >= 0.3 is 5.97 Å². The Morgan fingerprint density at radius 3 is 2.62 bits per heavy atom. The molecule has 9 nitrogen and oxygen atoms in total. The topological polar surface area (TPSA) is 116 Å². The van der Waals surface area contributed by atoms with E-state index in [0.29, 0.717) is 44.4 Å². The lowest BCUT2D eigenvalue weighted by Gasteiger charge is -2.33. The van der Waals surface area contributed by atoms with Crippen molar-refractivity contribution in [2.75, 3.05) is 39.7 Å². The first-order valence-corrected chi connectivity index (χ1v) is 9.77. The number of rotatable bonds is 9. The molecule has 1 fully saturated rings. The average Bonchev–Trinajstić information content (AvgIpc) is 2.72. The van der Waals surface area contributed by atoms with Gasteiger partial charge in [0.15, 0.2) is 11.5 Å². The maximum absolute atomic E-state index is 11.7. The number of benzene rings is 1. The fourth-order valence-corrected chi connectivity index (χ4v) is 2.63. The molecule has 1 aliphatic heterocycles. The molecule has 0 aromatic heterocycles. The van der Waals surface area contributed by atoms with Crippen molar-refractivity contribution in [1.29, 1.82) is 5.41 Å². The summed E-state index contributed by atoms with van der Waals surface area (Å²) in [5.74, 6) is 0.749. The minimum Gasteiger partial charge on any atom is -0.490 e. The molecule has 0 bridgehead atoms. The zero-order valence-electron chi connectivity index (χ0n) is 17.3. The third kappa shape index (κ3) is 7.10. The number of amidine groups is 1. The number of nitrogens with two attached hydrogens (primary N) is 1. The molecular weight excluding hydrogens is 378 g/mol. The fourth-order valence-electron chi connectivity index (χ4n) is 2.63. The Hall–Kier alpha value is -2.52. The van der Waals surface area contributed by atoms with Crippen LogP contribution < -0.4 is 15.2 Å². The molecule has 2 unspecified atom stereocenters. The van der Waals surface area contributed by atoms with Crippen LogP contribution in [0.1, 0.15) is 20.8 Å². The quantitative estimate of drug-likeness (QED) is 0.273. The van der Waals surface area contributed by atoms with Crippen molar-refractivity contribution in [2.24, 2.45) is 11.7 Å². The van der Waals surface area contributed by atoms with E-state index in [-0.39, 0.29) is 24.8 Å². The van der Waals surface area contributed by atoms with E-state index in [4.69, 9.17) is 34.8 Å². The number of carbonyl (C=O) groups excluding carboxylic acids is 1. The zero-order chi connectivity index (χ0) is 21.2. The lowest BCUT2D eigenvalue weighted by molar-refractivity contribution is -0.154. The molecule has 1 saturated heterocycles. The third-order valence-corrected chi connectivity index (χ3v) is 4.39. The van der Waals surface area contributed by atoms with Gasteiger partial charge in [0.05, 0.1) is 19.8 Å². The van der Waals surface area contributed by atoms with E-state index >= 15 is 0 Å². The number of hydrogen-bond donors (Lipinski definition) is 2. The lowest BCUT2D eigenvalue weighted by atomic mass is 10.1. The summed E-state index contributed by atoms with van der Waals surface area (Å²) in [6.07, 6.45) is -0.237. The summed E-state index contributed by atoms with van der Waals surface area (Å²) >= 11 is 0. The number of hydrogen-bond acceptors (Lipinski definition) is 8. The van der Waals surface area contributed by atoms with E-state index < -0.39 is 12.0 Å². The molecule has 1 aliphatic rings. The van der Waals surface area contributed by atoms with Gasteiger partial charge in [0.2, 0.25) is 6.79 Å². The van der Waals surface area contributed by atoms with Crippen molar-refractivity contribution in [1.82, 2.24) is 4.90 Å². The summed E-state index contributed by atoms with van der Waals surface area (Å²) in [6.45, 7) is 7.46. The van der Waals surface area contributed by atoms with Gasteiger partial charge in [0.25, 0.3) is 6.02 Å². The fraction of sp³-hybridized carbons (Fsp3) is 0.600. The SMILES string of the molecule is CCOc1ccccc1OCC1CN(C(=N)OCOC(=O)C(N)C(C)C)CCO1. The number of para-hydroxylation sites is 2. The van der Waals surface area contributed by atoms with Gasteiger partial charge in [-0.1, -0.05) is 26.0 Å². The minimum atomic E-state index is -0.711. The van der Waals surface area contributed by atoms with E-state index in [1.165, 1.54) is 0 Å². The first-order chi connectivity index (χ1) is 13.9. The summed E-state index contributed by atoms with van der Waals surface area (Å²) in [6, 6.07) is 6.66. The molecule has 0 saturated carbocycles. The summed E-state index contributed by atoms with van der Waals surface area (Å²) in [5.41, 5.74) is 5.72. The van der Waals surface area contributed by atoms with Gasteiger partial charge in [-0.15, -0.1) is 0 Å². The molecule has 2 atom stereocenters. The van der Waals surface area contributed by atoms with Crippen LogP contribution in [0.3, 0.4) is 0 Å². The Morgan fingerprint density at radius 1 is 1.28 bits per heavy atom. The largest absolute Gasteiger partial charge is 0.490 e. The van der Waals surface area contributed by atoms with Crippen LogP contribution >= 0.6 is 0 Å². The molecule has 29 heavy (non-hydrogen) atoms. The Kier molecular flexibility index (Phi) is 9.01. The number of esters is 1. The zero-order valence-corrected chi connectivity index (χ0v) is 17.3. The van der Waals surface area contributed by atoms with Crippen LogP contribution in [-0.2, 0) is 19.0 Å². The van der Waals surface area contributed by atoms with Crippen LogP contribution in [0.15, 0.2) is 24.3 Å². The molecule has 3 N–H and O–H groups in total. The molecule has 2 rings (SSSR count). The maximum Gasteiger partial charge on any atom is 0.326 e. The lowest BCUT2D eigenvalue weighted by Crippen LogP contribution is -2.48. The van der Waals surface area contributed by atoms with E-state index in [2.05, 4.69) is 0 Å². The third-order valence-electron chi connectivity index (χ3n) is 4.39. The predicted molar refractivity (Wildman–Crippen MR) is 107 cm³/mol. The van der Waals surface area contributed by atoms with Crippen molar-refractivity contribution in [3.05, 3.63) is 24.3 Å². The molecule has 162 valence electrons. The summed E-state index contributed by atoms with van der Waals surface area (Å²) in [5, 5.41) is 8.06. The van der Waals surface area contributed by atoms with Gasteiger partial charge in [-0.25, -0.2) is 0 Å². The Labute approximate surface area is 171 Å². The molecule has 0 amide bonds. The molecular formula is C20H31N3O6. The monoisotopic (exact) mass is 409 g/mol. The van der Waals surface area contributed by atoms with E-state index in [1.807, 2.05) is 45.0 Å². The first kappa shape index (κ1) is 22.8. The number of ether oxygens (including phenoxy) is 5. The van der Waals surface area contributed by atoms with Crippen LogP contribution in [0, 0.1) is 11.3 Å². The van der Waals surface area contributed by atoms with Crippen LogP contribution in [0.25, 0.3) is 0 Å². The summed E-state index contributed by atoms with van der Waals surface area (Å²) in [7, 11) is 0. The standard InChI is InChI=1S/C20H31N3O6/c1-4-25-16-7-5-6-8-17(16)27-12-15-11-23(9-10-26-15)20(22)29-13-28-19(24)18(21)14(2)3/h5-8,14-15,18,22H,4,9-13,21H2,1-3H3. The molecule has 9 heteroatoms. The van der Waals surface area contributed by atoms with Gasteiger partial charge < -0.3 is 34.3 Å². The molecule has 0 spiro atoms. The second-order valence-electron chi connectivity index (χ2n) is 6.93. The van der Waals surface area contributed by atoms with Crippen molar-refractivity contribution >= 4 is 12.0 Å². The van der Waals surface area contributed by atoms with E-state index in [0.717, 1.165) is 0 Å². The Bertz CT molecular complexity index is 669. The maximum atomic E-state index is 11.7. The number of carbonyl (C=O) groups is 1. The van der Waals surface area contributed by atoms with E-state index in [1.54, 1.807) is 4.90 Å². The van der Waals surface area contributed by atoms with Crippen molar-refractivity contribution in [3.63, 3.8) is 0 Å². The molecule has 1 aromatic rings. The highest BCUT2D eigenvalue weighted by molar-refractivity contribution is 5.76. The number of nitrogens with one attached hydrogen (secondary N) is 1. The Balaban J connectivity index is 1.77. The average molecular weight is 409 g/mol. The minimum absolute atomic E-state index is 0.0326. The van der Waals surface area contributed by atoms with Gasteiger partial charge in [-0.05, 0) is 25.0 Å². The highest BCUT2D eigenvalue weighted by atomic mass is 16.7. The van der Waals surface area contributed by atoms with Crippen LogP contribution in [-0.4, -0.2) is 68.7 Å². The first-order valence-electron chi connectivity index (χ1n) is 9.77. The highest BCUT2D eigenvalue weighted by Crippen LogP contribution is 2.26. The second-order valence-corrected chi connectivity index (χ2v) is 6.93. The van der Waals surface area contributed by atoms with E-state index in [9.17, 15) is 4.79 Å². The van der Waals surface area contributed by atoms with Crippen molar-refractivity contribution in [3.8, 4) is 11.5 Å². The predicted octanol–water partition coefficient (Wildman–Crippen LogP) is 1.60. The molecule has 0 radical (unpaired) electrons. The summed E-state index contributed by atoms with van der Waals surface area (Å²) < 4.78 is 27.3. The van der Waals surface area contributed by atoms with Crippen LogP contribution in [0.4, 0.5) is 0 Å². The van der Waals surface area contributed by atoms with Crippen LogP contribution in [0.5, 0.6) is 11.5 Å². The highest BCUT2D eigenvalue weighted by Gasteiger charge is 2.25. The van der Waals surface area contributed by atoms with Gasteiger partial charge in [0.1, 0.15) is 18.8 Å². The van der Waals surface area contributed by atoms with Gasteiger partial charge in [-0.3, -0.25) is 10.2 Å². The van der Waals surface area contributed by atoms with Gasteiger partial charge in [0, 0.05) is 6.54 Å². The van der Waals surface area contributed by atoms with Crippen molar-refractivity contribution < 1.29 is 28.5 Å². The smallest absolute Gasteiger partial charge is 0.326 e. The number of morpholine rings is 1. The summed E-state index contributed by atoms with van der Waals surface area (Å²) in [4.78, 5) is 13.4. The molecule has 0 aliphatic carbocycles. The van der Waals surface area contributed by atoms with Gasteiger partial charge in [-0.2, -0.15) is 0 Å². The molecule has 1 heterocycles. The second kappa shape index (κ2) is 11.5. The van der Waals surface area contributed by atoms with Crippen molar-refractivity contribution in [2.45, 2.75) is 32.9 Å². The Morgan fingerprint density at radius 2 is 1.97 bits per heavy atom. The number of nitrogens with zero attached hydrogens (tertiary/aromatic N) is 1.